The van der Waals surface area contributed by atoms with Crippen molar-refractivity contribution in [2.45, 2.75) is 12.5 Å². The predicted octanol–water partition coefficient (Wildman–Crippen LogP) is 2.27. The number of aliphatic hydroxyl groups excluding tert-OH is 1. The first-order chi connectivity index (χ1) is 11.2. The molecule has 0 aliphatic heterocycles. The van der Waals surface area contributed by atoms with Crippen LogP contribution in [0.4, 0.5) is 4.79 Å². The molecular formula is C18H22N2O3. The van der Waals surface area contributed by atoms with Gasteiger partial charge in [0.15, 0.2) is 0 Å². The predicted molar refractivity (Wildman–Crippen MR) is 89.5 cm³/mol. The molecule has 0 heterocycles. The van der Waals surface area contributed by atoms with Gasteiger partial charge in [0.2, 0.25) is 0 Å². The third-order valence-electron chi connectivity index (χ3n) is 3.50. The molecule has 2 rings (SSSR count). The van der Waals surface area contributed by atoms with Crippen molar-refractivity contribution in [1.82, 2.24) is 10.6 Å². The number of carbonyl (C=O) groups excluding carboxylic acids is 1. The summed E-state index contributed by atoms with van der Waals surface area (Å²) in [6.07, 6.45) is 0.0238. The number of nitrogens with one attached hydrogen (secondary N) is 2. The zero-order valence-electron chi connectivity index (χ0n) is 13.2. The average Bonchev–Trinajstić information content (AvgIpc) is 2.60. The Morgan fingerprint density at radius 2 is 1.78 bits per heavy atom. The van der Waals surface area contributed by atoms with Crippen molar-refractivity contribution >= 4 is 6.03 Å². The monoisotopic (exact) mass is 314 g/mol. The molecule has 0 radical (unpaired) electrons. The maximum atomic E-state index is 11.7. The molecule has 0 aliphatic carbocycles. The Morgan fingerprint density at radius 3 is 2.43 bits per heavy atom. The molecule has 2 amide bonds. The zero-order chi connectivity index (χ0) is 16.5. The molecule has 0 saturated carbocycles. The molecule has 0 aromatic heterocycles. The summed E-state index contributed by atoms with van der Waals surface area (Å²) in [7, 11) is 1.59. The third kappa shape index (κ3) is 5.64. The summed E-state index contributed by atoms with van der Waals surface area (Å²) < 4.78 is 5.07. The molecule has 5 heteroatoms. The smallest absolute Gasteiger partial charge is 0.314 e. The molecule has 122 valence electrons. The largest absolute Gasteiger partial charge is 0.497 e. The highest BCUT2D eigenvalue weighted by atomic mass is 16.5. The molecule has 2 aromatic carbocycles. The lowest BCUT2D eigenvalue weighted by atomic mass is 10.1. The van der Waals surface area contributed by atoms with Gasteiger partial charge in [0.25, 0.3) is 0 Å². The van der Waals surface area contributed by atoms with Gasteiger partial charge in [-0.25, -0.2) is 4.79 Å². The quantitative estimate of drug-likeness (QED) is 0.734. The highest BCUT2D eigenvalue weighted by molar-refractivity contribution is 5.73. The van der Waals surface area contributed by atoms with E-state index in [2.05, 4.69) is 10.6 Å². The standard InChI is InChI=1S/C18H22N2O3/c1-23-16-9-7-15(8-10-16)17(21)13-20-18(22)19-12-11-14-5-3-2-4-6-14/h2-10,17,21H,11-13H2,1H3,(H2,19,20,22). The number of urea groups is 1. The van der Waals surface area contributed by atoms with E-state index < -0.39 is 6.10 Å². The fraction of sp³-hybridized carbons (Fsp3) is 0.278. The van der Waals surface area contributed by atoms with Crippen LogP contribution in [0.5, 0.6) is 5.75 Å². The molecule has 0 spiro atoms. The average molecular weight is 314 g/mol. The summed E-state index contributed by atoms with van der Waals surface area (Å²) in [5.41, 5.74) is 1.90. The van der Waals surface area contributed by atoms with E-state index in [4.69, 9.17) is 4.74 Å². The van der Waals surface area contributed by atoms with Crippen LogP contribution in [0.25, 0.3) is 0 Å². The van der Waals surface area contributed by atoms with Gasteiger partial charge in [0, 0.05) is 13.1 Å². The summed E-state index contributed by atoms with van der Waals surface area (Å²) in [4.78, 5) is 11.7. The van der Waals surface area contributed by atoms with E-state index in [1.54, 1.807) is 31.4 Å². The molecule has 0 bridgehead atoms. The number of ether oxygens (including phenoxy) is 1. The lowest BCUT2D eigenvalue weighted by Crippen LogP contribution is -2.38. The second-order valence-corrected chi connectivity index (χ2v) is 5.16. The lowest BCUT2D eigenvalue weighted by Gasteiger charge is -2.13. The number of methoxy groups -OCH3 is 1. The second kappa shape index (κ2) is 8.80. The molecule has 5 nitrogen and oxygen atoms in total. The van der Waals surface area contributed by atoms with Crippen molar-refractivity contribution in [2.24, 2.45) is 0 Å². The third-order valence-corrected chi connectivity index (χ3v) is 3.50. The van der Waals surface area contributed by atoms with Crippen molar-refractivity contribution in [3.63, 3.8) is 0 Å². The Morgan fingerprint density at radius 1 is 1.09 bits per heavy atom. The van der Waals surface area contributed by atoms with Crippen LogP contribution >= 0.6 is 0 Å². The van der Waals surface area contributed by atoms with Crippen molar-refractivity contribution in [3.05, 3.63) is 65.7 Å². The van der Waals surface area contributed by atoms with Gasteiger partial charge in [-0.05, 0) is 29.7 Å². The van der Waals surface area contributed by atoms with E-state index in [1.807, 2.05) is 30.3 Å². The first kappa shape index (κ1) is 16.8. The van der Waals surface area contributed by atoms with Gasteiger partial charge in [-0.1, -0.05) is 42.5 Å². The van der Waals surface area contributed by atoms with Gasteiger partial charge >= 0.3 is 6.03 Å². The van der Waals surface area contributed by atoms with Crippen LogP contribution in [0.1, 0.15) is 17.2 Å². The first-order valence-corrected chi connectivity index (χ1v) is 7.56. The maximum absolute atomic E-state index is 11.7. The maximum Gasteiger partial charge on any atom is 0.314 e. The van der Waals surface area contributed by atoms with Crippen molar-refractivity contribution in [1.29, 1.82) is 0 Å². The van der Waals surface area contributed by atoms with Crippen LogP contribution in [0, 0.1) is 0 Å². The van der Waals surface area contributed by atoms with Crippen molar-refractivity contribution in [3.8, 4) is 5.75 Å². The lowest BCUT2D eigenvalue weighted by molar-refractivity contribution is 0.173. The molecule has 1 unspecified atom stereocenters. The van der Waals surface area contributed by atoms with Gasteiger partial charge in [0.05, 0.1) is 13.2 Å². The molecule has 3 N–H and O–H groups in total. The summed E-state index contributed by atoms with van der Waals surface area (Å²) >= 11 is 0. The van der Waals surface area contributed by atoms with Crippen molar-refractivity contribution in [2.75, 3.05) is 20.2 Å². The summed E-state index contributed by atoms with van der Waals surface area (Å²) in [5, 5.41) is 15.5. The molecule has 0 fully saturated rings. The second-order valence-electron chi connectivity index (χ2n) is 5.16. The minimum absolute atomic E-state index is 0.156. The Labute approximate surface area is 136 Å². The highest BCUT2D eigenvalue weighted by Crippen LogP contribution is 2.16. The number of benzene rings is 2. The van der Waals surface area contributed by atoms with E-state index in [0.29, 0.717) is 6.54 Å². The van der Waals surface area contributed by atoms with E-state index in [1.165, 1.54) is 5.56 Å². The normalized spacial score (nSPS) is 11.6. The van der Waals surface area contributed by atoms with Gasteiger partial charge in [0.1, 0.15) is 5.75 Å². The van der Waals surface area contributed by atoms with Crippen LogP contribution in [0.15, 0.2) is 54.6 Å². The molecule has 23 heavy (non-hydrogen) atoms. The van der Waals surface area contributed by atoms with Crippen molar-refractivity contribution < 1.29 is 14.6 Å². The molecular weight excluding hydrogens is 292 g/mol. The minimum Gasteiger partial charge on any atom is -0.497 e. The number of hydrogen-bond donors (Lipinski definition) is 3. The number of rotatable bonds is 7. The van der Waals surface area contributed by atoms with E-state index >= 15 is 0 Å². The fourth-order valence-electron chi connectivity index (χ4n) is 2.16. The number of hydrogen-bond acceptors (Lipinski definition) is 3. The fourth-order valence-corrected chi connectivity index (χ4v) is 2.16. The van der Waals surface area contributed by atoms with Gasteiger partial charge in [-0.15, -0.1) is 0 Å². The zero-order valence-corrected chi connectivity index (χ0v) is 13.2. The van der Waals surface area contributed by atoms with Crippen LogP contribution in [-0.4, -0.2) is 31.3 Å². The van der Waals surface area contributed by atoms with Crippen LogP contribution in [0.3, 0.4) is 0 Å². The number of carbonyl (C=O) groups is 1. The summed E-state index contributed by atoms with van der Waals surface area (Å²) in [6.45, 7) is 0.706. The Kier molecular flexibility index (Phi) is 6.44. The topological polar surface area (TPSA) is 70.6 Å². The molecule has 0 saturated heterocycles. The Hall–Kier alpha value is -2.53. The number of amides is 2. The summed E-state index contributed by atoms with van der Waals surface area (Å²) in [6, 6.07) is 16.8. The molecule has 1 atom stereocenters. The summed E-state index contributed by atoms with van der Waals surface area (Å²) in [5.74, 6) is 0.729. The van der Waals surface area contributed by atoms with E-state index in [-0.39, 0.29) is 12.6 Å². The highest BCUT2D eigenvalue weighted by Gasteiger charge is 2.09. The van der Waals surface area contributed by atoms with E-state index in [0.717, 1.165) is 17.7 Å². The molecule has 0 aliphatic rings. The van der Waals surface area contributed by atoms with E-state index in [9.17, 15) is 9.90 Å². The van der Waals surface area contributed by atoms with Gasteiger partial charge in [-0.2, -0.15) is 0 Å². The Bertz CT molecular complexity index is 599. The minimum atomic E-state index is -0.749. The van der Waals surface area contributed by atoms with Crippen LogP contribution in [0.2, 0.25) is 0 Å². The Balaban J connectivity index is 1.68. The van der Waals surface area contributed by atoms with Crippen LogP contribution < -0.4 is 15.4 Å². The number of aliphatic hydroxyl groups is 1. The van der Waals surface area contributed by atoms with Crippen LogP contribution in [-0.2, 0) is 6.42 Å². The first-order valence-electron chi connectivity index (χ1n) is 7.56. The SMILES string of the molecule is COc1ccc(C(O)CNC(=O)NCCc2ccccc2)cc1. The molecule has 2 aromatic rings. The van der Waals surface area contributed by atoms with Gasteiger partial charge in [-0.3, -0.25) is 0 Å². The van der Waals surface area contributed by atoms with Gasteiger partial charge < -0.3 is 20.5 Å².